The molecule has 0 heterocycles. The first-order chi connectivity index (χ1) is 12.9. The molecule has 27 heavy (non-hydrogen) atoms. The molecule has 0 saturated carbocycles. The summed E-state index contributed by atoms with van der Waals surface area (Å²) < 4.78 is 0. The predicted octanol–water partition coefficient (Wildman–Crippen LogP) is 4.72. The van der Waals surface area contributed by atoms with Crippen LogP contribution in [0.25, 0.3) is 10.8 Å². The second-order valence-electron chi connectivity index (χ2n) is 6.12. The fourth-order valence-electron chi connectivity index (χ4n) is 2.77. The number of hydrogen-bond donors (Lipinski definition) is 2. The second-order valence-corrected chi connectivity index (χ2v) is 6.12. The van der Waals surface area contributed by atoms with Crippen LogP contribution in [0.3, 0.4) is 0 Å². The van der Waals surface area contributed by atoms with Crippen LogP contribution in [-0.4, -0.2) is 36.2 Å². The lowest BCUT2D eigenvalue weighted by molar-refractivity contribution is 0.0696. The minimum atomic E-state index is -1.23. The summed E-state index contributed by atoms with van der Waals surface area (Å²) in [6.07, 6.45) is 0. The minimum Gasteiger partial charge on any atom is -0.478 e. The SMILES string of the molecule is CN(C)c1ccc(N=Nc2cc(C(=O)O)cc(C(=O)O)c2)c2ccccc12. The molecule has 0 bridgehead atoms. The molecular formula is C20H17N3O4. The Morgan fingerprint density at radius 2 is 1.41 bits per heavy atom. The molecule has 0 atom stereocenters. The Morgan fingerprint density at radius 3 is 1.96 bits per heavy atom. The van der Waals surface area contributed by atoms with Gasteiger partial charge in [0, 0.05) is 30.6 Å². The highest BCUT2D eigenvalue weighted by Crippen LogP contribution is 2.34. The van der Waals surface area contributed by atoms with Crippen molar-refractivity contribution in [1.82, 2.24) is 0 Å². The zero-order valence-corrected chi connectivity index (χ0v) is 14.7. The van der Waals surface area contributed by atoms with E-state index in [2.05, 4.69) is 10.2 Å². The predicted molar refractivity (Wildman–Crippen MR) is 103 cm³/mol. The topological polar surface area (TPSA) is 103 Å². The maximum absolute atomic E-state index is 11.2. The van der Waals surface area contributed by atoms with E-state index >= 15 is 0 Å². The first kappa shape index (κ1) is 18.1. The molecule has 0 radical (unpaired) electrons. The fourth-order valence-corrected chi connectivity index (χ4v) is 2.77. The standard InChI is InChI=1S/C20H17N3O4/c1-23(2)18-8-7-17(15-5-3-4-6-16(15)18)22-21-14-10-12(19(24)25)9-13(11-14)20(26)27/h3-11H,1-2H3,(H,24,25)(H,26,27). The summed E-state index contributed by atoms with van der Waals surface area (Å²) in [6.45, 7) is 0. The Kier molecular flexibility index (Phi) is 4.85. The third-order valence-corrected chi connectivity index (χ3v) is 4.04. The Hall–Kier alpha value is -3.74. The molecule has 0 fully saturated rings. The molecule has 0 aromatic heterocycles. The van der Waals surface area contributed by atoms with Crippen molar-refractivity contribution in [3.05, 3.63) is 65.7 Å². The molecule has 7 heteroatoms. The zero-order valence-electron chi connectivity index (χ0n) is 14.7. The summed E-state index contributed by atoms with van der Waals surface area (Å²) in [5, 5.41) is 28.5. The number of anilines is 1. The summed E-state index contributed by atoms with van der Waals surface area (Å²) in [5.41, 5.74) is 1.49. The number of rotatable bonds is 5. The van der Waals surface area contributed by atoms with Gasteiger partial charge in [-0.15, -0.1) is 5.11 Å². The smallest absolute Gasteiger partial charge is 0.335 e. The lowest BCUT2D eigenvalue weighted by Crippen LogP contribution is -2.08. The van der Waals surface area contributed by atoms with Crippen LogP contribution in [0, 0.1) is 0 Å². The molecule has 7 nitrogen and oxygen atoms in total. The molecule has 0 saturated heterocycles. The van der Waals surface area contributed by atoms with E-state index in [0.717, 1.165) is 22.5 Å². The van der Waals surface area contributed by atoms with Crippen molar-refractivity contribution >= 4 is 39.8 Å². The van der Waals surface area contributed by atoms with Crippen LogP contribution in [0.4, 0.5) is 17.1 Å². The normalized spacial score (nSPS) is 11.0. The monoisotopic (exact) mass is 363 g/mol. The van der Waals surface area contributed by atoms with Crippen molar-refractivity contribution in [3.8, 4) is 0 Å². The van der Waals surface area contributed by atoms with Gasteiger partial charge in [-0.2, -0.15) is 5.11 Å². The van der Waals surface area contributed by atoms with Gasteiger partial charge in [0.15, 0.2) is 0 Å². The maximum atomic E-state index is 11.2. The van der Waals surface area contributed by atoms with Gasteiger partial charge >= 0.3 is 11.9 Å². The molecule has 0 spiro atoms. The molecule has 0 aliphatic rings. The highest BCUT2D eigenvalue weighted by atomic mass is 16.4. The molecular weight excluding hydrogens is 346 g/mol. The van der Waals surface area contributed by atoms with Crippen molar-refractivity contribution in [2.45, 2.75) is 0 Å². The number of carboxylic acid groups (broad SMARTS) is 2. The number of azo groups is 1. The molecule has 3 rings (SSSR count). The Morgan fingerprint density at radius 1 is 0.815 bits per heavy atom. The molecule has 0 aliphatic carbocycles. The van der Waals surface area contributed by atoms with Crippen LogP contribution < -0.4 is 4.90 Å². The molecule has 3 aromatic rings. The van der Waals surface area contributed by atoms with Crippen LogP contribution in [0.5, 0.6) is 0 Å². The van der Waals surface area contributed by atoms with Gasteiger partial charge < -0.3 is 15.1 Å². The average molecular weight is 363 g/mol. The molecule has 136 valence electrons. The van der Waals surface area contributed by atoms with E-state index in [0.29, 0.717) is 5.69 Å². The van der Waals surface area contributed by atoms with Crippen LogP contribution in [-0.2, 0) is 0 Å². The van der Waals surface area contributed by atoms with Gasteiger partial charge in [0.05, 0.1) is 22.5 Å². The number of carbonyl (C=O) groups is 2. The molecule has 2 N–H and O–H groups in total. The quantitative estimate of drug-likeness (QED) is 0.639. The number of nitrogens with zero attached hydrogens (tertiary/aromatic N) is 3. The van der Waals surface area contributed by atoms with Crippen LogP contribution >= 0.6 is 0 Å². The number of fused-ring (bicyclic) bond motifs is 1. The second kappa shape index (κ2) is 7.25. The van der Waals surface area contributed by atoms with Crippen molar-refractivity contribution in [1.29, 1.82) is 0 Å². The minimum absolute atomic E-state index is 0.156. The summed E-state index contributed by atoms with van der Waals surface area (Å²) >= 11 is 0. The number of hydrogen-bond acceptors (Lipinski definition) is 5. The fraction of sp³-hybridized carbons (Fsp3) is 0.100. The lowest BCUT2D eigenvalue weighted by Gasteiger charge is -2.16. The van der Waals surface area contributed by atoms with E-state index in [9.17, 15) is 9.59 Å². The van der Waals surface area contributed by atoms with Gasteiger partial charge in [-0.1, -0.05) is 24.3 Å². The third-order valence-electron chi connectivity index (χ3n) is 4.04. The van der Waals surface area contributed by atoms with E-state index in [1.807, 2.05) is 55.4 Å². The van der Waals surface area contributed by atoms with Crippen LogP contribution in [0.2, 0.25) is 0 Å². The Balaban J connectivity index is 2.08. The van der Waals surface area contributed by atoms with Crippen molar-refractivity contribution in [2.75, 3.05) is 19.0 Å². The van der Waals surface area contributed by atoms with Crippen LogP contribution in [0.15, 0.2) is 64.8 Å². The summed E-state index contributed by atoms with van der Waals surface area (Å²) in [7, 11) is 3.90. The average Bonchev–Trinajstić information content (AvgIpc) is 2.65. The van der Waals surface area contributed by atoms with Gasteiger partial charge in [0.25, 0.3) is 0 Å². The first-order valence-corrected chi connectivity index (χ1v) is 8.09. The van der Waals surface area contributed by atoms with Crippen molar-refractivity contribution in [3.63, 3.8) is 0 Å². The zero-order chi connectivity index (χ0) is 19.6. The molecule has 0 aliphatic heterocycles. The van der Waals surface area contributed by atoms with Gasteiger partial charge in [-0.25, -0.2) is 9.59 Å². The lowest BCUT2D eigenvalue weighted by atomic mass is 10.1. The van der Waals surface area contributed by atoms with E-state index < -0.39 is 11.9 Å². The highest BCUT2D eigenvalue weighted by molar-refractivity contribution is 6.01. The summed E-state index contributed by atoms with van der Waals surface area (Å²) in [4.78, 5) is 24.4. The molecule has 3 aromatic carbocycles. The van der Waals surface area contributed by atoms with E-state index in [4.69, 9.17) is 10.2 Å². The van der Waals surface area contributed by atoms with Gasteiger partial charge in [-0.05, 0) is 30.3 Å². The van der Waals surface area contributed by atoms with Crippen LogP contribution in [0.1, 0.15) is 20.7 Å². The van der Waals surface area contributed by atoms with Crippen molar-refractivity contribution < 1.29 is 19.8 Å². The van der Waals surface area contributed by atoms with E-state index in [1.54, 1.807) is 0 Å². The van der Waals surface area contributed by atoms with E-state index in [-0.39, 0.29) is 16.8 Å². The highest BCUT2D eigenvalue weighted by Gasteiger charge is 2.12. The summed E-state index contributed by atoms with van der Waals surface area (Å²) in [5.74, 6) is -2.45. The maximum Gasteiger partial charge on any atom is 0.335 e. The van der Waals surface area contributed by atoms with Gasteiger partial charge in [0.2, 0.25) is 0 Å². The van der Waals surface area contributed by atoms with Gasteiger partial charge in [0.1, 0.15) is 0 Å². The largest absolute Gasteiger partial charge is 0.478 e. The first-order valence-electron chi connectivity index (χ1n) is 8.09. The Labute approximate surface area is 155 Å². The summed E-state index contributed by atoms with van der Waals surface area (Å²) in [6, 6.07) is 15.1. The number of carboxylic acids is 2. The van der Waals surface area contributed by atoms with E-state index in [1.165, 1.54) is 12.1 Å². The van der Waals surface area contributed by atoms with Crippen molar-refractivity contribution in [2.24, 2.45) is 10.2 Å². The number of benzene rings is 3. The third kappa shape index (κ3) is 3.77. The molecule has 0 amide bonds. The molecule has 0 unspecified atom stereocenters. The Bertz CT molecular complexity index is 1040. The van der Waals surface area contributed by atoms with Gasteiger partial charge in [-0.3, -0.25) is 0 Å². The number of aromatic carboxylic acids is 2.